The first-order valence-corrected chi connectivity index (χ1v) is 8.90. The summed E-state index contributed by atoms with van der Waals surface area (Å²) in [5, 5.41) is 10.2. The zero-order chi connectivity index (χ0) is 19.1. The number of carboxylic acids is 1. The van der Waals surface area contributed by atoms with E-state index in [-0.39, 0.29) is 23.4 Å². The van der Waals surface area contributed by atoms with Gasteiger partial charge in [0.25, 0.3) is 6.36 Å². The van der Waals surface area contributed by atoms with Crippen LogP contribution in [0.3, 0.4) is 0 Å². The van der Waals surface area contributed by atoms with Crippen LogP contribution in [-0.2, 0) is 22.5 Å². The van der Waals surface area contributed by atoms with Crippen molar-refractivity contribution in [1.82, 2.24) is 9.55 Å². The van der Waals surface area contributed by atoms with Crippen molar-refractivity contribution in [3.05, 3.63) is 57.6 Å². The number of aliphatic carboxylic acids is 1. The number of carboxylic acid groups (broad SMARTS) is 1. The van der Waals surface area contributed by atoms with Gasteiger partial charge in [-0.15, -0.1) is 11.3 Å². The summed E-state index contributed by atoms with van der Waals surface area (Å²) in [6.07, 6.45) is -0.0215. The van der Waals surface area contributed by atoms with E-state index in [1.807, 2.05) is 35.0 Å². The molecular formula is C18H13F3N2O3S. The molecule has 1 aliphatic rings. The number of ether oxygens (including phenoxy) is 1. The molecule has 0 aliphatic carbocycles. The minimum atomic E-state index is -2.08. The zero-order valence-corrected chi connectivity index (χ0v) is 14.6. The molecule has 5 nitrogen and oxygen atoms in total. The summed E-state index contributed by atoms with van der Waals surface area (Å²) in [5.41, 5.74) is 1.34. The van der Waals surface area contributed by atoms with Crippen molar-refractivity contribution < 1.29 is 27.8 Å². The third-order valence-corrected chi connectivity index (χ3v) is 5.34. The standard InChI is InChI=1S/C18H13F3N2O3S/c19-14-15-16(18(21)26-17(14)20)27-12(22-15)7-9-8-23(6-5-13(24)25)11-4-2-1-3-10(9)11/h1-4,8,18H,5-7H2,(H,24,25). The minimum Gasteiger partial charge on any atom is -0.481 e. The van der Waals surface area contributed by atoms with Crippen LogP contribution in [0.1, 0.15) is 33.9 Å². The zero-order valence-electron chi connectivity index (χ0n) is 13.8. The molecular weight excluding hydrogens is 381 g/mol. The van der Waals surface area contributed by atoms with Gasteiger partial charge in [0.15, 0.2) is 0 Å². The van der Waals surface area contributed by atoms with Crippen molar-refractivity contribution in [3.8, 4) is 0 Å². The predicted octanol–water partition coefficient (Wildman–Crippen LogP) is 4.73. The van der Waals surface area contributed by atoms with Gasteiger partial charge in [0.05, 0.1) is 11.4 Å². The molecule has 1 aromatic carbocycles. The Morgan fingerprint density at radius 3 is 2.89 bits per heavy atom. The number of hydrogen-bond acceptors (Lipinski definition) is 4. The Labute approximate surface area is 155 Å². The van der Waals surface area contributed by atoms with Crippen LogP contribution in [0.5, 0.6) is 0 Å². The largest absolute Gasteiger partial charge is 0.481 e. The highest BCUT2D eigenvalue weighted by atomic mass is 32.1. The molecule has 3 heterocycles. The van der Waals surface area contributed by atoms with E-state index in [1.54, 1.807) is 0 Å². The second-order valence-corrected chi connectivity index (χ2v) is 7.14. The number of aryl methyl sites for hydroxylation is 1. The number of alkyl halides is 1. The molecule has 1 atom stereocenters. The lowest BCUT2D eigenvalue weighted by Crippen LogP contribution is -2.04. The van der Waals surface area contributed by atoms with E-state index < -0.39 is 24.2 Å². The van der Waals surface area contributed by atoms with Crippen LogP contribution < -0.4 is 0 Å². The summed E-state index contributed by atoms with van der Waals surface area (Å²) < 4.78 is 46.9. The number of fused-ring (bicyclic) bond motifs is 2. The lowest BCUT2D eigenvalue weighted by atomic mass is 10.1. The van der Waals surface area contributed by atoms with Gasteiger partial charge in [0, 0.05) is 30.1 Å². The molecule has 1 aliphatic heterocycles. The molecule has 0 amide bonds. The molecule has 1 N–H and O–H groups in total. The monoisotopic (exact) mass is 394 g/mol. The average molecular weight is 394 g/mol. The van der Waals surface area contributed by atoms with Crippen molar-refractivity contribution in [1.29, 1.82) is 0 Å². The Morgan fingerprint density at radius 2 is 2.11 bits per heavy atom. The Bertz CT molecular complexity index is 1070. The molecule has 9 heteroatoms. The predicted molar refractivity (Wildman–Crippen MR) is 93.2 cm³/mol. The molecule has 27 heavy (non-hydrogen) atoms. The normalized spacial score (nSPS) is 16.5. The molecule has 0 saturated carbocycles. The van der Waals surface area contributed by atoms with Crippen LogP contribution in [0.4, 0.5) is 13.2 Å². The summed E-state index contributed by atoms with van der Waals surface area (Å²) in [4.78, 5) is 14.8. The number of rotatable bonds is 5. The maximum absolute atomic E-state index is 13.8. The third-order valence-electron chi connectivity index (χ3n) is 4.27. The van der Waals surface area contributed by atoms with Crippen LogP contribution in [0.2, 0.25) is 0 Å². The first kappa shape index (κ1) is 17.6. The van der Waals surface area contributed by atoms with E-state index in [1.165, 1.54) is 0 Å². The van der Waals surface area contributed by atoms with Gasteiger partial charge in [-0.3, -0.25) is 4.79 Å². The first-order valence-electron chi connectivity index (χ1n) is 8.08. The van der Waals surface area contributed by atoms with E-state index >= 15 is 0 Å². The molecule has 140 valence electrons. The number of carbonyl (C=O) groups is 1. The van der Waals surface area contributed by atoms with Crippen LogP contribution >= 0.6 is 11.3 Å². The van der Waals surface area contributed by atoms with Gasteiger partial charge in [-0.05, 0) is 11.6 Å². The second-order valence-electron chi connectivity index (χ2n) is 6.03. The van der Waals surface area contributed by atoms with Crippen LogP contribution in [0.15, 0.2) is 36.5 Å². The topological polar surface area (TPSA) is 64.3 Å². The van der Waals surface area contributed by atoms with Gasteiger partial charge in [-0.2, -0.15) is 13.2 Å². The lowest BCUT2D eigenvalue weighted by Gasteiger charge is -2.13. The molecule has 4 rings (SSSR count). The number of benzene rings is 1. The smallest absolute Gasteiger partial charge is 0.314 e. The first-order chi connectivity index (χ1) is 12.9. The van der Waals surface area contributed by atoms with E-state index in [0.29, 0.717) is 11.6 Å². The molecule has 0 saturated heterocycles. The van der Waals surface area contributed by atoms with Crippen LogP contribution in [0.25, 0.3) is 16.7 Å². The Balaban J connectivity index is 1.70. The van der Waals surface area contributed by atoms with Gasteiger partial charge in [0.2, 0.25) is 5.83 Å². The number of aromatic nitrogens is 2. The molecule has 0 radical (unpaired) electrons. The fourth-order valence-electron chi connectivity index (χ4n) is 3.08. The van der Waals surface area contributed by atoms with Crippen LogP contribution in [-0.4, -0.2) is 20.6 Å². The van der Waals surface area contributed by atoms with Crippen molar-refractivity contribution in [2.24, 2.45) is 0 Å². The number of halogens is 3. The fraction of sp³-hybridized carbons (Fsp3) is 0.222. The molecule has 1 unspecified atom stereocenters. The summed E-state index contributed by atoms with van der Waals surface area (Å²) in [5.74, 6) is -2.20. The van der Waals surface area contributed by atoms with Crippen molar-refractivity contribution >= 4 is 34.0 Å². The van der Waals surface area contributed by atoms with E-state index in [0.717, 1.165) is 27.8 Å². The fourth-order valence-corrected chi connectivity index (χ4v) is 4.07. The molecule has 0 fully saturated rings. The molecule has 0 bridgehead atoms. The Morgan fingerprint density at radius 1 is 1.33 bits per heavy atom. The van der Waals surface area contributed by atoms with E-state index in [4.69, 9.17) is 5.11 Å². The average Bonchev–Trinajstić information content (AvgIpc) is 3.21. The molecule has 0 spiro atoms. The quantitative estimate of drug-likeness (QED) is 0.680. The van der Waals surface area contributed by atoms with Gasteiger partial charge < -0.3 is 14.4 Å². The summed E-state index contributed by atoms with van der Waals surface area (Å²) >= 11 is 0.925. The molecule has 2 aromatic heterocycles. The number of para-hydroxylation sites is 1. The summed E-state index contributed by atoms with van der Waals surface area (Å²) in [6.45, 7) is 0.299. The summed E-state index contributed by atoms with van der Waals surface area (Å²) in [7, 11) is 0. The van der Waals surface area contributed by atoms with Crippen molar-refractivity contribution in [3.63, 3.8) is 0 Å². The van der Waals surface area contributed by atoms with Gasteiger partial charge >= 0.3 is 12.0 Å². The SMILES string of the molecule is O=C(O)CCn1cc(Cc2nc3c(s2)C(F)OC(F)=C3F)c2ccccc21. The van der Waals surface area contributed by atoms with E-state index in [9.17, 15) is 18.0 Å². The van der Waals surface area contributed by atoms with Crippen LogP contribution in [0, 0.1) is 0 Å². The van der Waals surface area contributed by atoms with E-state index in [2.05, 4.69) is 9.72 Å². The number of nitrogens with zero attached hydrogens (tertiary/aromatic N) is 2. The van der Waals surface area contributed by atoms with Crippen molar-refractivity contribution in [2.75, 3.05) is 0 Å². The highest BCUT2D eigenvalue weighted by Gasteiger charge is 2.33. The van der Waals surface area contributed by atoms with Crippen molar-refractivity contribution in [2.45, 2.75) is 25.7 Å². The molecule has 3 aromatic rings. The number of hydrogen-bond donors (Lipinski definition) is 1. The van der Waals surface area contributed by atoms with Gasteiger partial charge in [-0.1, -0.05) is 18.2 Å². The Hall–Kier alpha value is -2.81. The highest BCUT2D eigenvalue weighted by Crippen LogP contribution is 2.42. The lowest BCUT2D eigenvalue weighted by molar-refractivity contribution is -0.137. The third kappa shape index (κ3) is 3.18. The maximum Gasteiger partial charge on any atom is 0.314 e. The second kappa shape index (κ2) is 6.73. The summed E-state index contributed by atoms with van der Waals surface area (Å²) in [6, 6.07) is 5.85. The highest BCUT2D eigenvalue weighted by molar-refractivity contribution is 7.12. The van der Waals surface area contributed by atoms with Gasteiger partial charge in [-0.25, -0.2) is 4.98 Å². The minimum absolute atomic E-state index is 0.0280. The maximum atomic E-state index is 13.8. The number of thiazole rings is 1. The van der Waals surface area contributed by atoms with Gasteiger partial charge in [0.1, 0.15) is 10.6 Å². The Kier molecular flexibility index (Phi) is 4.39.